The Morgan fingerprint density at radius 1 is 1.00 bits per heavy atom. The van der Waals surface area contributed by atoms with E-state index in [0.717, 1.165) is 0 Å². The topological polar surface area (TPSA) is 12.0 Å². The van der Waals surface area contributed by atoms with Crippen molar-refractivity contribution in [1.82, 2.24) is 5.32 Å². The lowest BCUT2D eigenvalue weighted by molar-refractivity contribution is 0.491. The first-order valence-corrected chi connectivity index (χ1v) is 3.54. The smallest absolute Gasteiger partial charge is 0.0290 e. The maximum Gasteiger partial charge on any atom is 0.0290 e. The molecule has 2 heterocycles. The van der Waals surface area contributed by atoms with E-state index in [1.165, 1.54) is 12.8 Å². The Labute approximate surface area is 55.5 Å². The molecule has 2 aliphatic rings. The molecule has 2 rings (SSSR count). The second-order valence-electron chi connectivity index (χ2n) is 2.71. The molecular formula is C8H11N. The van der Waals surface area contributed by atoms with E-state index in [2.05, 4.69) is 29.6 Å². The van der Waals surface area contributed by atoms with Crippen LogP contribution in [0.2, 0.25) is 0 Å². The maximum atomic E-state index is 3.48. The van der Waals surface area contributed by atoms with Crippen LogP contribution in [0.4, 0.5) is 0 Å². The fourth-order valence-electron chi connectivity index (χ4n) is 1.46. The number of nitrogens with one attached hydrogen (secondary N) is 1. The molecule has 0 saturated heterocycles. The largest absolute Gasteiger partial charge is 0.304 e. The van der Waals surface area contributed by atoms with E-state index in [9.17, 15) is 0 Å². The second-order valence-corrected chi connectivity index (χ2v) is 2.71. The van der Waals surface area contributed by atoms with Crippen LogP contribution in [0.5, 0.6) is 0 Å². The summed E-state index contributed by atoms with van der Waals surface area (Å²) in [5.74, 6) is 0. The highest BCUT2D eigenvalue weighted by Crippen LogP contribution is 2.13. The summed E-state index contributed by atoms with van der Waals surface area (Å²) in [6, 6.07) is 1.27. The predicted octanol–water partition coefficient (Wildman–Crippen LogP) is 1.23. The highest BCUT2D eigenvalue weighted by molar-refractivity contribution is 5.14. The zero-order valence-corrected chi connectivity index (χ0v) is 5.38. The summed E-state index contributed by atoms with van der Waals surface area (Å²) in [7, 11) is 0. The summed E-state index contributed by atoms with van der Waals surface area (Å²) in [4.78, 5) is 0. The molecule has 0 aromatic heterocycles. The van der Waals surface area contributed by atoms with Crippen molar-refractivity contribution < 1.29 is 0 Å². The molecule has 9 heavy (non-hydrogen) atoms. The van der Waals surface area contributed by atoms with Gasteiger partial charge >= 0.3 is 0 Å². The zero-order valence-electron chi connectivity index (χ0n) is 5.38. The molecule has 1 nitrogen and oxygen atoms in total. The van der Waals surface area contributed by atoms with Gasteiger partial charge in [0.25, 0.3) is 0 Å². The van der Waals surface area contributed by atoms with E-state index in [4.69, 9.17) is 0 Å². The number of rotatable bonds is 0. The van der Waals surface area contributed by atoms with Crippen LogP contribution in [0.3, 0.4) is 0 Å². The minimum Gasteiger partial charge on any atom is -0.304 e. The molecule has 0 saturated carbocycles. The van der Waals surface area contributed by atoms with Crippen LogP contribution < -0.4 is 5.32 Å². The number of hydrogen-bond donors (Lipinski definition) is 1. The summed E-state index contributed by atoms with van der Waals surface area (Å²) >= 11 is 0. The van der Waals surface area contributed by atoms with Gasteiger partial charge in [-0.1, -0.05) is 24.3 Å². The predicted molar refractivity (Wildman–Crippen MR) is 38.2 cm³/mol. The lowest BCUT2D eigenvalue weighted by Crippen LogP contribution is -2.40. The molecule has 0 spiro atoms. The lowest BCUT2D eigenvalue weighted by atomic mass is 9.98. The molecule has 0 aromatic carbocycles. The molecule has 0 unspecified atom stereocenters. The van der Waals surface area contributed by atoms with Crippen LogP contribution in [-0.2, 0) is 0 Å². The first kappa shape index (κ1) is 5.24. The third-order valence-corrected chi connectivity index (χ3v) is 1.94. The van der Waals surface area contributed by atoms with Gasteiger partial charge in [-0.3, -0.25) is 0 Å². The SMILES string of the molecule is C1=C[C@H]2CC=C[C@@H](C1)N2. The van der Waals surface area contributed by atoms with E-state index < -0.39 is 0 Å². The lowest BCUT2D eigenvalue weighted by Gasteiger charge is -2.27. The molecule has 0 amide bonds. The molecule has 2 bridgehead atoms. The maximum absolute atomic E-state index is 3.48. The van der Waals surface area contributed by atoms with Gasteiger partial charge in [-0.05, 0) is 12.8 Å². The van der Waals surface area contributed by atoms with Crippen molar-refractivity contribution >= 4 is 0 Å². The van der Waals surface area contributed by atoms with Crippen LogP contribution >= 0.6 is 0 Å². The Hall–Kier alpha value is -0.560. The van der Waals surface area contributed by atoms with Crippen molar-refractivity contribution in [2.45, 2.75) is 24.9 Å². The van der Waals surface area contributed by atoms with Crippen LogP contribution in [-0.4, -0.2) is 12.1 Å². The van der Waals surface area contributed by atoms with Gasteiger partial charge in [-0.25, -0.2) is 0 Å². The molecule has 0 aliphatic carbocycles. The highest BCUT2D eigenvalue weighted by atomic mass is 15.0. The standard InChI is InChI=1S/C8H11N/c1-3-7-5-2-6-8(4-1)9-7/h1-3,6-9H,4-5H2/t7-,8+/m0/s1. The fraction of sp³-hybridized carbons (Fsp3) is 0.500. The van der Waals surface area contributed by atoms with Gasteiger partial charge in [-0.15, -0.1) is 0 Å². The van der Waals surface area contributed by atoms with Gasteiger partial charge in [0.05, 0.1) is 0 Å². The Bertz CT molecular complexity index is 140. The average Bonchev–Trinajstić information content (AvgIpc) is 1.88. The van der Waals surface area contributed by atoms with Crippen molar-refractivity contribution in [1.29, 1.82) is 0 Å². The summed E-state index contributed by atoms with van der Waals surface area (Å²) in [5.41, 5.74) is 0. The quantitative estimate of drug-likeness (QED) is 0.475. The Balaban J connectivity index is 2.20. The Morgan fingerprint density at radius 2 is 1.56 bits per heavy atom. The minimum atomic E-state index is 0.633. The van der Waals surface area contributed by atoms with Crippen molar-refractivity contribution in [3.8, 4) is 0 Å². The van der Waals surface area contributed by atoms with Gasteiger partial charge in [0.15, 0.2) is 0 Å². The summed E-state index contributed by atoms with van der Waals surface area (Å²) in [6.45, 7) is 0. The van der Waals surface area contributed by atoms with Gasteiger partial charge < -0.3 is 5.32 Å². The first-order valence-electron chi connectivity index (χ1n) is 3.54. The van der Waals surface area contributed by atoms with E-state index in [0.29, 0.717) is 12.1 Å². The van der Waals surface area contributed by atoms with Crippen molar-refractivity contribution in [2.24, 2.45) is 0 Å². The third-order valence-electron chi connectivity index (χ3n) is 1.94. The van der Waals surface area contributed by atoms with Gasteiger partial charge in [0, 0.05) is 12.1 Å². The zero-order chi connectivity index (χ0) is 6.10. The first-order chi connectivity index (χ1) is 4.45. The van der Waals surface area contributed by atoms with E-state index in [1.807, 2.05) is 0 Å². The van der Waals surface area contributed by atoms with E-state index in [-0.39, 0.29) is 0 Å². The highest BCUT2D eigenvalue weighted by Gasteiger charge is 2.15. The van der Waals surface area contributed by atoms with Crippen molar-refractivity contribution in [3.05, 3.63) is 24.3 Å². The Morgan fingerprint density at radius 3 is 2.00 bits per heavy atom. The molecule has 1 N–H and O–H groups in total. The summed E-state index contributed by atoms with van der Waals surface area (Å²) < 4.78 is 0. The number of hydrogen-bond acceptors (Lipinski definition) is 1. The molecule has 2 aliphatic heterocycles. The van der Waals surface area contributed by atoms with Gasteiger partial charge in [0.1, 0.15) is 0 Å². The summed E-state index contributed by atoms with van der Waals surface area (Å²) in [5, 5.41) is 3.48. The van der Waals surface area contributed by atoms with Crippen LogP contribution in [0.15, 0.2) is 24.3 Å². The minimum absolute atomic E-state index is 0.633. The van der Waals surface area contributed by atoms with Crippen LogP contribution in [0.1, 0.15) is 12.8 Å². The molecular weight excluding hydrogens is 110 g/mol. The molecule has 2 atom stereocenters. The molecule has 0 radical (unpaired) electrons. The van der Waals surface area contributed by atoms with Crippen LogP contribution in [0, 0.1) is 0 Å². The van der Waals surface area contributed by atoms with Gasteiger partial charge in [-0.2, -0.15) is 0 Å². The summed E-state index contributed by atoms with van der Waals surface area (Å²) in [6.07, 6.45) is 11.4. The fourth-order valence-corrected chi connectivity index (χ4v) is 1.46. The molecule has 0 aromatic rings. The Kier molecular flexibility index (Phi) is 1.16. The second kappa shape index (κ2) is 1.99. The van der Waals surface area contributed by atoms with E-state index >= 15 is 0 Å². The normalized spacial score (nSPS) is 39.1. The third kappa shape index (κ3) is 0.924. The van der Waals surface area contributed by atoms with Gasteiger partial charge in [0.2, 0.25) is 0 Å². The van der Waals surface area contributed by atoms with Crippen LogP contribution in [0.25, 0.3) is 0 Å². The van der Waals surface area contributed by atoms with Crippen molar-refractivity contribution in [3.63, 3.8) is 0 Å². The van der Waals surface area contributed by atoms with Crippen molar-refractivity contribution in [2.75, 3.05) is 0 Å². The van der Waals surface area contributed by atoms with E-state index in [1.54, 1.807) is 0 Å². The molecule has 48 valence electrons. The number of fused-ring (bicyclic) bond motifs is 2. The molecule has 1 heteroatoms. The average molecular weight is 121 g/mol. The monoisotopic (exact) mass is 121 g/mol. The molecule has 0 fully saturated rings.